The predicted molar refractivity (Wildman–Crippen MR) is 128 cm³/mol. The Morgan fingerprint density at radius 1 is 1.24 bits per heavy atom. The second kappa shape index (κ2) is 8.59. The van der Waals surface area contributed by atoms with Crippen LogP contribution in [0.1, 0.15) is 57.8 Å². The van der Waals surface area contributed by atoms with E-state index in [1.807, 2.05) is 51.1 Å². The summed E-state index contributed by atoms with van der Waals surface area (Å²) in [6, 6.07) is 9.34. The third kappa shape index (κ3) is 4.98. The summed E-state index contributed by atoms with van der Waals surface area (Å²) in [4.78, 5) is 27.5. The van der Waals surface area contributed by atoms with Crippen LogP contribution in [-0.4, -0.2) is 48.1 Å². The van der Waals surface area contributed by atoms with E-state index in [1.165, 1.54) is 0 Å². The van der Waals surface area contributed by atoms with Gasteiger partial charge in [0.05, 0.1) is 29.2 Å². The zero-order valence-electron chi connectivity index (χ0n) is 19.7. The molecule has 0 spiro atoms. The van der Waals surface area contributed by atoms with Crippen molar-refractivity contribution in [3.8, 4) is 0 Å². The molecule has 0 radical (unpaired) electrons. The minimum atomic E-state index is -3.11. The standard InChI is InChI=1S/C24H32N4O4S/c1-5-16-7-6-8-18(11-16)27-14-17(12-22(27)29)23(30)25-21-13-20(24(2,3)4)26-28(21)19-9-10-33(31,32)15-19/h6-8,11,13,17,19H,5,9-10,12,14-15H2,1-4H3,(H,25,30). The zero-order valence-corrected chi connectivity index (χ0v) is 20.5. The predicted octanol–water partition coefficient (Wildman–Crippen LogP) is 3.09. The van der Waals surface area contributed by atoms with E-state index in [0.717, 1.165) is 23.4 Å². The number of sulfone groups is 1. The van der Waals surface area contributed by atoms with Crippen LogP contribution in [0.15, 0.2) is 30.3 Å². The van der Waals surface area contributed by atoms with Crippen LogP contribution in [0.25, 0.3) is 0 Å². The van der Waals surface area contributed by atoms with E-state index in [1.54, 1.807) is 9.58 Å². The molecule has 2 aliphatic heterocycles. The lowest BCUT2D eigenvalue weighted by Gasteiger charge is -2.18. The maximum atomic E-state index is 13.2. The fourth-order valence-corrected chi connectivity index (χ4v) is 6.10. The Bertz CT molecular complexity index is 1180. The Kier molecular flexibility index (Phi) is 6.11. The first kappa shape index (κ1) is 23.5. The number of hydrogen-bond donors (Lipinski definition) is 1. The average molecular weight is 473 g/mol. The third-order valence-corrected chi connectivity index (χ3v) is 8.19. The van der Waals surface area contributed by atoms with Gasteiger partial charge in [0.2, 0.25) is 11.8 Å². The fraction of sp³-hybridized carbons (Fsp3) is 0.542. The van der Waals surface area contributed by atoms with Crippen LogP contribution in [0.3, 0.4) is 0 Å². The summed E-state index contributed by atoms with van der Waals surface area (Å²) in [5, 5.41) is 7.62. The molecule has 8 nitrogen and oxygen atoms in total. The summed E-state index contributed by atoms with van der Waals surface area (Å²) >= 11 is 0. The number of amides is 2. The molecule has 4 rings (SSSR count). The number of carbonyl (C=O) groups excluding carboxylic acids is 2. The lowest BCUT2D eigenvalue weighted by atomic mass is 9.92. The average Bonchev–Trinajstić information content (AvgIpc) is 3.44. The molecule has 0 saturated carbocycles. The van der Waals surface area contributed by atoms with Crippen molar-refractivity contribution in [2.45, 2.75) is 58.4 Å². The van der Waals surface area contributed by atoms with Crippen LogP contribution in [0.2, 0.25) is 0 Å². The first-order valence-electron chi connectivity index (χ1n) is 11.5. The van der Waals surface area contributed by atoms with E-state index >= 15 is 0 Å². The van der Waals surface area contributed by atoms with Gasteiger partial charge < -0.3 is 10.2 Å². The van der Waals surface area contributed by atoms with Crippen molar-refractivity contribution < 1.29 is 18.0 Å². The van der Waals surface area contributed by atoms with Gasteiger partial charge in [0.15, 0.2) is 9.84 Å². The highest BCUT2D eigenvalue weighted by Gasteiger charge is 2.37. The Hall–Kier alpha value is -2.68. The van der Waals surface area contributed by atoms with E-state index in [9.17, 15) is 18.0 Å². The van der Waals surface area contributed by atoms with Crippen LogP contribution in [-0.2, 0) is 31.3 Å². The lowest BCUT2D eigenvalue weighted by Crippen LogP contribution is -2.29. The van der Waals surface area contributed by atoms with Gasteiger partial charge in [-0.25, -0.2) is 13.1 Å². The summed E-state index contributed by atoms with van der Waals surface area (Å²) in [5.41, 5.74) is 2.47. The number of benzene rings is 1. The molecule has 1 aromatic carbocycles. The number of aryl methyl sites for hydroxylation is 1. The SMILES string of the molecule is CCc1cccc(N2CC(C(=O)Nc3cc(C(C)(C)C)nn3C3CCS(=O)(=O)C3)CC2=O)c1. The number of nitrogens with one attached hydrogen (secondary N) is 1. The van der Waals surface area contributed by atoms with Crippen molar-refractivity contribution in [3.63, 3.8) is 0 Å². The normalized spacial score (nSPS) is 22.7. The summed E-state index contributed by atoms with van der Waals surface area (Å²) in [5.74, 6) is -0.180. The molecule has 2 aliphatic rings. The molecule has 178 valence electrons. The molecule has 2 saturated heterocycles. The van der Waals surface area contributed by atoms with E-state index in [4.69, 9.17) is 0 Å². The smallest absolute Gasteiger partial charge is 0.230 e. The molecule has 2 fully saturated rings. The van der Waals surface area contributed by atoms with Gasteiger partial charge in [-0.05, 0) is 30.5 Å². The summed E-state index contributed by atoms with van der Waals surface area (Å²) < 4.78 is 25.7. The van der Waals surface area contributed by atoms with E-state index in [2.05, 4.69) is 17.3 Å². The largest absolute Gasteiger partial charge is 0.312 e. The van der Waals surface area contributed by atoms with Gasteiger partial charge in [-0.15, -0.1) is 0 Å². The molecule has 2 unspecified atom stereocenters. The number of rotatable bonds is 5. The summed E-state index contributed by atoms with van der Waals surface area (Å²) in [7, 11) is -3.11. The molecule has 9 heteroatoms. The maximum absolute atomic E-state index is 13.2. The molecular weight excluding hydrogens is 440 g/mol. The molecule has 2 atom stereocenters. The molecule has 1 N–H and O–H groups in total. The highest BCUT2D eigenvalue weighted by Crippen LogP contribution is 2.32. The van der Waals surface area contributed by atoms with E-state index < -0.39 is 15.8 Å². The number of carbonyl (C=O) groups is 2. The topological polar surface area (TPSA) is 101 Å². The van der Waals surface area contributed by atoms with E-state index in [-0.39, 0.29) is 41.2 Å². The molecular formula is C24H32N4O4S. The molecule has 0 bridgehead atoms. The van der Waals surface area contributed by atoms with Crippen molar-refractivity contribution in [2.75, 3.05) is 28.3 Å². The second-order valence-corrected chi connectivity index (χ2v) is 12.3. The van der Waals surface area contributed by atoms with Gasteiger partial charge in [0.25, 0.3) is 0 Å². The van der Waals surface area contributed by atoms with Gasteiger partial charge in [0.1, 0.15) is 5.82 Å². The van der Waals surface area contributed by atoms with Crippen molar-refractivity contribution in [2.24, 2.45) is 5.92 Å². The van der Waals surface area contributed by atoms with Gasteiger partial charge >= 0.3 is 0 Å². The molecule has 3 heterocycles. The Morgan fingerprint density at radius 3 is 2.64 bits per heavy atom. The number of hydrogen-bond acceptors (Lipinski definition) is 5. The highest BCUT2D eigenvalue weighted by atomic mass is 32.2. The molecule has 2 amide bonds. The summed E-state index contributed by atoms with van der Waals surface area (Å²) in [6.07, 6.45) is 1.48. The van der Waals surface area contributed by atoms with Crippen LogP contribution in [0.4, 0.5) is 11.5 Å². The second-order valence-electron chi connectivity index (χ2n) is 10.1. The molecule has 0 aliphatic carbocycles. The Labute approximate surface area is 195 Å². The van der Waals surface area contributed by atoms with Gasteiger partial charge in [-0.2, -0.15) is 5.10 Å². The van der Waals surface area contributed by atoms with Gasteiger partial charge in [-0.1, -0.05) is 39.8 Å². The monoisotopic (exact) mass is 472 g/mol. The van der Waals surface area contributed by atoms with Crippen LogP contribution < -0.4 is 10.2 Å². The van der Waals surface area contributed by atoms with Gasteiger partial charge in [-0.3, -0.25) is 9.59 Å². The van der Waals surface area contributed by atoms with Crippen LogP contribution >= 0.6 is 0 Å². The van der Waals surface area contributed by atoms with Crippen molar-refractivity contribution in [3.05, 3.63) is 41.6 Å². The van der Waals surface area contributed by atoms with E-state index in [0.29, 0.717) is 18.8 Å². The Balaban J connectivity index is 1.54. The highest BCUT2D eigenvalue weighted by molar-refractivity contribution is 7.91. The first-order valence-corrected chi connectivity index (χ1v) is 13.3. The van der Waals surface area contributed by atoms with Gasteiger partial charge in [0, 0.05) is 30.1 Å². The molecule has 2 aromatic rings. The maximum Gasteiger partial charge on any atom is 0.230 e. The zero-order chi connectivity index (χ0) is 24.0. The minimum Gasteiger partial charge on any atom is -0.312 e. The fourth-order valence-electron chi connectivity index (χ4n) is 4.41. The number of aromatic nitrogens is 2. The van der Waals surface area contributed by atoms with Crippen molar-refractivity contribution in [1.82, 2.24) is 9.78 Å². The van der Waals surface area contributed by atoms with Crippen molar-refractivity contribution in [1.29, 1.82) is 0 Å². The quantitative estimate of drug-likeness (QED) is 0.721. The van der Waals surface area contributed by atoms with Crippen LogP contribution in [0.5, 0.6) is 0 Å². The third-order valence-electron chi connectivity index (χ3n) is 6.44. The number of anilines is 2. The lowest BCUT2D eigenvalue weighted by molar-refractivity contribution is -0.122. The Morgan fingerprint density at radius 2 is 2.00 bits per heavy atom. The molecule has 33 heavy (non-hydrogen) atoms. The summed E-state index contributed by atoms with van der Waals surface area (Å²) in [6.45, 7) is 8.44. The number of nitrogens with zero attached hydrogens (tertiary/aromatic N) is 3. The first-order chi connectivity index (χ1) is 15.5. The minimum absolute atomic E-state index is 0.0184. The van der Waals surface area contributed by atoms with Crippen LogP contribution in [0, 0.1) is 5.92 Å². The molecule has 1 aromatic heterocycles. The van der Waals surface area contributed by atoms with Crippen molar-refractivity contribution >= 4 is 33.2 Å².